The average molecular weight is 338 g/mol. The molecule has 0 aromatic heterocycles. The first-order valence-corrected chi connectivity index (χ1v) is 9.02. The van der Waals surface area contributed by atoms with Gasteiger partial charge in [0, 0.05) is 25.8 Å². The monoisotopic (exact) mass is 338 g/mol. The number of carbonyl (C=O) groups excluding carboxylic acids is 1. The van der Waals surface area contributed by atoms with Crippen molar-refractivity contribution in [2.45, 2.75) is 32.5 Å². The van der Waals surface area contributed by atoms with E-state index in [0.717, 1.165) is 13.1 Å². The molecule has 3 nitrogen and oxygen atoms in total. The predicted octanol–water partition coefficient (Wildman–Crippen LogP) is 4.25. The van der Waals surface area contributed by atoms with Gasteiger partial charge >= 0.3 is 0 Å². The van der Waals surface area contributed by atoms with Crippen LogP contribution in [0.4, 0.5) is 0 Å². The Morgan fingerprint density at radius 2 is 1.54 bits per heavy atom. The molecule has 4 heteroatoms. The van der Waals surface area contributed by atoms with Crippen LogP contribution in [0.25, 0.3) is 0 Å². The molecule has 24 heavy (non-hydrogen) atoms. The molecule has 0 N–H and O–H groups in total. The number of benzene rings is 2. The standard InChI is InChI=1S/C20H22N2OS/c1-17(23)24-13-12-20(14-21)22(15-18-8-4-2-5-9-18)16-19-10-6-3-7-11-19/h2-11,20H,12-13,15-16H2,1H3/t20-/m1/s1. The Balaban J connectivity index is 2.10. The molecule has 0 spiro atoms. The number of thioether (sulfide) groups is 1. The summed E-state index contributed by atoms with van der Waals surface area (Å²) in [5, 5.41) is 9.73. The summed E-state index contributed by atoms with van der Waals surface area (Å²) in [7, 11) is 0. The van der Waals surface area contributed by atoms with Crippen LogP contribution in [-0.4, -0.2) is 21.8 Å². The molecule has 124 valence electrons. The van der Waals surface area contributed by atoms with E-state index in [0.29, 0.717) is 12.2 Å². The van der Waals surface area contributed by atoms with Gasteiger partial charge in [0.2, 0.25) is 0 Å². The van der Waals surface area contributed by atoms with E-state index in [1.807, 2.05) is 36.4 Å². The summed E-state index contributed by atoms with van der Waals surface area (Å²) >= 11 is 1.29. The van der Waals surface area contributed by atoms with Gasteiger partial charge in [-0.15, -0.1) is 0 Å². The van der Waals surface area contributed by atoms with E-state index in [1.165, 1.54) is 22.9 Å². The quantitative estimate of drug-likeness (QED) is 0.722. The zero-order chi connectivity index (χ0) is 17.2. The predicted molar refractivity (Wildman–Crippen MR) is 99.3 cm³/mol. The van der Waals surface area contributed by atoms with Crippen molar-refractivity contribution in [2.75, 3.05) is 5.75 Å². The molecule has 0 unspecified atom stereocenters. The fourth-order valence-electron chi connectivity index (χ4n) is 2.56. The molecule has 2 rings (SSSR count). The second kappa shape index (κ2) is 9.92. The van der Waals surface area contributed by atoms with Crippen molar-refractivity contribution in [3.8, 4) is 6.07 Å². The van der Waals surface area contributed by atoms with E-state index in [4.69, 9.17) is 0 Å². The van der Waals surface area contributed by atoms with E-state index < -0.39 is 0 Å². The van der Waals surface area contributed by atoms with E-state index >= 15 is 0 Å². The smallest absolute Gasteiger partial charge is 0.185 e. The molecule has 0 amide bonds. The lowest BCUT2D eigenvalue weighted by Gasteiger charge is -2.27. The Hall–Kier alpha value is -2.09. The zero-order valence-electron chi connectivity index (χ0n) is 13.9. The molecule has 0 aliphatic heterocycles. The van der Waals surface area contributed by atoms with Crippen LogP contribution in [-0.2, 0) is 17.9 Å². The highest BCUT2D eigenvalue weighted by Crippen LogP contribution is 2.17. The summed E-state index contributed by atoms with van der Waals surface area (Å²) in [6.45, 7) is 3.01. The highest BCUT2D eigenvalue weighted by atomic mass is 32.2. The van der Waals surface area contributed by atoms with Crippen molar-refractivity contribution in [3.05, 3.63) is 71.8 Å². The van der Waals surface area contributed by atoms with Crippen molar-refractivity contribution in [3.63, 3.8) is 0 Å². The molecule has 1 atom stereocenters. The first kappa shape index (κ1) is 18.3. The molecule has 0 saturated heterocycles. The van der Waals surface area contributed by atoms with Crippen molar-refractivity contribution < 1.29 is 4.79 Å². The van der Waals surface area contributed by atoms with Gasteiger partial charge < -0.3 is 0 Å². The van der Waals surface area contributed by atoms with Crippen LogP contribution in [0.1, 0.15) is 24.5 Å². The van der Waals surface area contributed by atoms with Crippen LogP contribution >= 0.6 is 11.8 Å². The molecule has 2 aromatic carbocycles. The molecule has 0 saturated carbocycles. The van der Waals surface area contributed by atoms with Gasteiger partial charge in [-0.25, -0.2) is 0 Å². The van der Waals surface area contributed by atoms with E-state index in [9.17, 15) is 10.1 Å². The van der Waals surface area contributed by atoms with Crippen LogP contribution in [0, 0.1) is 11.3 Å². The first-order chi connectivity index (χ1) is 11.7. The first-order valence-electron chi connectivity index (χ1n) is 8.04. The number of nitriles is 1. The Morgan fingerprint density at radius 3 is 1.96 bits per heavy atom. The lowest BCUT2D eigenvalue weighted by atomic mass is 10.1. The SMILES string of the molecule is CC(=O)SCC[C@H](C#N)N(Cc1ccccc1)Cc1ccccc1. The Labute approximate surface area is 148 Å². The van der Waals surface area contributed by atoms with Crippen LogP contribution in [0.3, 0.4) is 0 Å². The lowest BCUT2D eigenvalue weighted by molar-refractivity contribution is -0.109. The maximum Gasteiger partial charge on any atom is 0.185 e. The summed E-state index contributed by atoms with van der Waals surface area (Å²) in [4.78, 5) is 13.3. The zero-order valence-corrected chi connectivity index (χ0v) is 14.7. The van der Waals surface area contributed by atoms with Crippen molar-refractivity contribution >= 4 is 16.9 Å². The average Bonchev–Trinajstić information content (AvgIpc) is 2.60. The van der Waals surface area contributed by atoms with E-state index in [2.05, 4.69) is 35.2 Å². The fraction of sp³-hybridized carbons (Fsp3) is 0.300. The second-order valence-electron chi connectivity index (χ2n) is 5.65. The molecule has 0 fully saturated rings. The summed E-state index contributed by atoms with van der Waals surface area (Å²) in [6, 6.07) is 22.6. The third-order valence-corrected chi connectivity index (χ3v) is 4.59. The van der Waals surface area contributed by atoms with Gasteiger partial charge in [0.25, 0.3) is 0 Å². The summed E-state index contributed by atoms with van der Waals surface area (Å²) in [5.74, 6) is 0.674. The van der Waals surface area contributed by atoms with Crippen LogP contribution in [0.2, 0.25) is 0 Å². The maximum absolute atomic E-state index is 11.1. The Morgan fingerprint density at radius 1 is 1.04 bits per heavy atom. The fourth-order valence-corrected chi connectivity index (χ4v) is 3.18. The molecule has 2 aromatic rings. The summed E-state index contributed by atoms with van der Waals surface area (Å²) < 4.78 is 0. The summed E-state index contributed by atoms with van der Waals surface area (Å²) in [5.41, 5.74) is 2.38. The second-order valence-corrected chi connectivity index (χ2v) is 6.92. The van der Waals surface area contributed by atoms with Crippen molar-refractivity contribution in [1.82, 2.24) is 4.90 Å². The topological polar surface area (TPSA) is 44.1 Å². The highest BCUT2D eigenvalue weighted by Gasteiger charge is 2.19. The molecule has 0 aliphatic rings. The minimum absolute atomic E-state index is 0.101. The number of hydrogen-bond donors (Lipinski definition) is 0. The number of carbonyl (C=O) groups is 1. The summed E-state index contributed by atoms with van der Waals surface area (Å²) in [6.07, 6.45) is 0.681. The molecule has 0 bridgehead atoms. The number of rotatable bonds is 8. The third-order valence-electron chi connectivity index (χ3n) is 3.74. The number of hydrogen-bond acceptors (Lipinski definition) is 4. The Bertz CT molecular complexity index is 626. The Kier molecular flexibility index (Phi) is 7.54. The molecular weight excluding hydrogens is 316 g/mol. The third kappa shape index (κ3) is 6.19. The maximum atomic E-state index is 11.1. The van der Waals surface area contributed by atoms with Gasteiger partial charge in [0.1, 0.15) is 0 Å². The lowest BCUT2D eigenvalue weighted by Crippen LogP contribution is -2.34. The molecule has 0 heterocycles. The van der Waals surface area contributed by atoms with Crippen LogP contribution in [0.5, 0.6) is 0 Å². The molecule has 0 aliphatic carbocycles. The van der Waals surface area contributed by atoms with Crippen molar-refractivity contribution in [1.29, 1.82) is 5.26 Å². The van der Waals surface area contributed by atoms with Gasteiger partial charge in [-0.3, -0.25) is 9.69 Å². The molecular formula is C20H22N2OS. The van der Waals surface area contributed by atoms with Crippen LogP contribution < -0.4 is 0 Å². The van der Waals surface area contributed by atoms with E-state index in [1.54, 1.807) is 6.92 Å². The van der Waals surface area contributed by atoms with Gasteiger partial charge in [-0.05, 0) is 17.5 Å². The molecule has 0 radical (unpaired) electrons. The highest BCUT2D eigenvalue weighted by molar-refractivity contribution is 8.13. The van der Waals surface area contributed by atoms with Crippen LogP contribution in [0.15, 0.2) is 60.7 Å². The largest absolute Gasteiger partial charge is 0.288 e. The van der Waals surface area contributed by atoms with Crippen molar-refractivity contribution in [2.24, 2.45) is 0 Å². The minimum atomic E-state index is -0.211. The van der Waals surface area contributed by atoms with E-state index in [-0.39, 0.29) is 11.2 Å². The van der Waals surface area contributed by atoms with Gasteiger partial charge in [0.15, 0.2) is 5.12 Å². The minimum Gasteiger partial charge on any atom is -0.288 e. The normalized spacial score (nSPS) is 11.9. The van der Waals surface area contributed by atoms with Gasteiger partial charge in [0.05, 0.1) is 12.1 Å². The van der Waals surface area contributed by atoms with Gasteiger partial charge in [-0.2, -0.15) is 5.26 Å². The van der Waals surface area contributed by atoms with Gasteiger partial charge in [-0.1, -0.05) is 72.4 Å². The number of nitrogens with zero attached hydrogens (tertiary/aromatic N) is 2.